The molecule has 1 N–H and O–H groups in total. The second kappa shape index (κ2) is 11.5. The van der Waals surface area contributed by atoms with Gasteiger partial charge in [0.1, 0.15) is 18.0 Å². The Morgan fingerprint density at radius 1 is 0.821 bits per heavy atom. The van der Waals surface area contributed by atoms with E-state index >= 15 is 0 Å². The van der Waals surface area contributed by atoms with E-state index < -0.39 is 9.85 Å². The van der Waals surface area contributed by atoms with Gasteiger partial charge in [0.15, 0.2) is 0 Å². The van der Waals surface area contributed by atoms with Crippen molar-refractivity contribution in [2.45, 2.75) is 0 Å². The summed E-state index contributed by atoms with van der Waals surface area (Å²) >= 11 is 0. The van der Waals surface area contributed by atoms with Gasteiger partial charge in [0, 0.05) is 12.6 Å². The highest BCUT2D eigenvalue weighted by atomic mass is 16.6. The van der Waals surface area contributed by atoms with Crippen LogP contribution in [-0.4, -0.2) is 49.4 Å². The number of nitro groups is 2. The van der Waals surface area contributed by atoms with Gasteiger partial charge in [-0.25, -0.2) is 0 Å². The molecule has 28 heavy (non-hydrogen) atoms. The Hall–Kier alpha value is -3.24. The molecule has 0 aliphatic heterocycles. The monoisotopic (exact) mass is 391 g/mol. The number of nitro benzene ring substituents is 2. The highest BCUT2D eigenvalue weighted by Crippen LogP contribution is 2.28. The second-order valence-corrected chi connectivity index (χ2v) is 5.53. The molecule has 0 saturated carbocycles. The van der Waals surface area contributed by atoms with E-state index in [0.29, 0.717) is 39.6 Å². The van der Waals surface area contributed by atoms with Gasteiger partial charge in [-0.2, -0.15) is 0 Å². The van der Waals surface area contributed by atoms with Gasteiger partial charge in [0.25, 0.3) is 11.4 Å². The maximum Gasteiger partial charge on any atom is 0.299 e. The maximum absolute atomic E-state index is 11.0. The topological polar surface area (TPSA) is 126 Å². The van der Waals surface area contributed by atoms with Crippen LogP contribution in [0.15, 0.2) is 48.5 Å². The number of para-hydroxylation sites is 1. The van der Waals surface area contributed by atoms with E-state index in [9.17, 15) is 20.2 Å². The van der Waals surface area contributed by atoms with Crippen LogP contribution in [-0.2, 0) is 9.47 Å². The molecule has 0 fully saturated rings. The van der Waals surface area contributed by atoms with Gasteiger partial charge in [-0.05, 0) is 18.2 Å². The smallest absolute Gasteiger partial charge is 0.299 e. The van der Waals surface area contributed by atoms with Gasteiger partial charge in [-0.15, -0.1) is 0 Å². The normalized spacial score (nSPS) is 10.4. The van der Waals surface area contributed by atoms with Gasteiger partial charge >= 0.3 is 0 Å². The van der Waals surface area contributed by atoms with E-state index in [0.717, 1.165) is 11.8 Å². The lowest BCUT2D eigenvalue weighted by molar-refractivity contribution is -0.393. The highest BCUT2D eigenvalue weighted by Gasteiger charge is 2.18. The first-order valence-corrected chi connectivity index (χ1v) is 8.58. The second-order valence-electron chi connectivity index (χ2n) is 5.53. The molecule has 10 heteroatoms. The molecule has 2 rings (SSSR count). The zero-order valence-electron chi connectivity index (χ0n) is 15.1. The molecule has 10 nitrogen and oxygen atoms in total. The van der Waals surface area contributed by atoms with Crippen LogP contribution in [0.4, 0.5) is 17.1 Å². The van der Waals surface area contributed by atoms with E-state index in [-0.39, 0.29) is 17.1 Å². The molecule has 0 aliphatic rings. The molecule has 0 aromatic heterocycles. The molecule has 0 heterocycles. The standard InChI is InChI=1S/C18H21N3O7/c22-20(23)15-6-7-17(18(14-15)21(24)25)19-8-9-26-10-11-27-12-13-28-16-4-2-1-3-5-16/h1-7,14,19H,8-13H2. The Labute approximate surface area is 161 Å². The first-order chi connectivity index (χ1) is 13.6. The Bertz CT molecular complexity index is 771. The molecule has 0 atom stereocenters. The van der Waals surface area contributed by atoms with Crippen LogP contribution < -0.4 is 10.1 Å². The van der Waals surface area contributed by atoms with Gasteiger partial charge in [-0.1, -0.05) is 18.2 Å². The maximum atomic E-state index is 11.0. The van der Waals surface area contributed by atoms with Crippen molar-refractivity contribution in [1.82, 2.24) is 0 Å². The van der Waals surface area contributed by atoms with Crippen LogP contribution in [0, 0.1) is 20.2 Å². The molecule has 0 unspecified atom stereocenters. The number of nitrogens with one attached hydrogen (secondary N) is 1. The fraction of sp³-hybridized carbons (Fsp3) is 0.333. The van der Waals surface area contributed by atoms with Crippen molar-refractivity contribution in [2.24, 2.45) is 0 Å². The fourth-order valence-electron chi connectivity index (χ4n) is 2.25. The molecule has 0 radical (unpaired) electrons. The van der Waals surface area contributed by atoms with Crippen molar-refractivity contribution in [2.75, 3.05) is 44.9 Å². The molecule has 0 aliphatic carbocycles. The fourth-order valence-corrected chi connectivity index (χ4v) is 2.25. The van der Waals surface area contributed by atoms with E-state index in [1.807, 2.05) is 30.3 Å². The van der Waals surface area contributed by atoms with Crippen LogP contribution in [0.5, 0.6) is 5.75 Å². The SMILES string of the molecule is O=[N+]([O-])c1ccc(NCCOCCOCCOc2ccccc2)c([N+](=O)[O-])c1. The number of hydrogen-bond acceptors (Lipinski definition) is 8. The molecule has 2 aromatic carbocycles. The third-order valence-corrected chi connectivity index (χ3v) is 3.56. The predicted molar refractivity (Wildman–Crippen MR) is 102 cm³/mol. The number of ether oxygens (including phenoxy) is 3. The first-order valence-electron chi connectivity index (χ1n) is 8.58. The Morgan fingerprint density at radius 2 is 1.50 bits per heavy atom. The Balaban J connectivity index is 1.57. The minimum Gasteiger partial charge on any atom is -0.491 e. The summed E-state index contributed by atoms with van der Waals surface area (Å²) in [6.45, 7) is 2.26. The molecule has 2 aromatic rings. The number of anilines is 1. The molecule has 0 bridgehead atoms. The van der Waals surface area contributed by atoms with Crippen LogP contribution >= 0.6 is 0 Å². The lowest BCUT2D eigenvalue weighted by atomic mass is 10.2. The third kappa shape index (κ3) is 7.17. The van der Waals surface area contributed by atoms with Crippen molar-refractivity contribution in [3.05, 3.63) is 68.8 Å². The molecular formula is C18H21N3O7. The minimum atomic E-state index is -0.676. The van der Waals surface area contributed by atoms with Crippen molar-refractivity contribution >= 4 is 17.1 Å². The molecule has 150 valence electrons. The lowest BCUT2D eigenvalue weighted by Crippen LogP contribution is -2.14. The molecular weight excluding hydrogens is 370 g/mol. The van der Waals surface area contributed by atoms with Gasteiger partial charge in [0.05, 0.1) is 42.3 Å². The van der Waals surface area contributed by atoms with Gasteiger partial charge in [-0.3, -0.25) is 20.2 Å². The zero-order chi connectivity index (χ0) is 20.2. The van der Waals surface area contributed by atoms with Gasteiger partial charge in [0.2, 0.25) is 0 Å². The Morgan fingerprint density at radius 3 is 2.18 bits per heavy atom. The summed E-state index contributed by atoms with van der Waals surface area (Å²) in [7, 11) is 0. The van der Waals surface area contributed by atoms with Crippen molar-refractivity contribution in [3.8, 4) is 5.75 Å². The summed E-state index contributed by atoms with van der Waals surface area (Å²) in [5, 5.41) is 24.6. The summed E-state index contributed by atoms with van der Waals surface area (Å²) in [5.74, 6) is 0.786. The highest BCUT2D eigenvalue weighted by molar-refractivity contribution is 5.65. The quantitative estimate of drug-likeness (QED) is 0.314. The summed E-state index contributed by atoms with van der Waals surface area (Å²) in [6.07, 6.45) is 0. The summed E-state index contributed by atoms with van der Waals surface area (Å²) in [5.41, 5.74) is -0.480. The summed E-state index contributed by atoms with van der Waals surface area (Å²) < 4.78 is 16.2. The summed E-state index contributed by atoms with van der Waals surface area (Å²) in [4.78, 5) is 20.4. The molecule has 0 amide bonds. The van der Waals surface area contributed by atoms with Crippen molar-refractivity contribution in [1.29, 1.82) is 0 Å². The van der Waals surface area contributed by atoms with Crippen molar-refractivity contribution in [3.63, 3.8) is 0 Å². The van der Waals surface area contributed by atoms with Crippen LogP contribution in [0.2, 0.25) is 0 Å². The number of hydrogen-bond donors (Lipinski definition) is 1. The third-order valence-electron chi connectivity index (χ3n) is 3.56. The number of benzene rings is 2. The van der Waals surface area contributed by atoms with E-state index in [1.54, 1.807) is 0 Å². The Kier molecular flexibility index (Phi) is 8.63. The van der Waals surface area contributed by atoms with Gasteiger partial charge < -0.3 is 19.5 Å². The number of nitrogens with zero attached hydrogens (tertiary/aromatic N) is 2. The average molecular weight is 391 g/mol. The van der Waals surface area contributed by atoms with Crippen LogP contribution in [0.25, 0.3) is 0 Å². The zero-order valence-corrected chi connectivity index (χ0v) is 15.1. The van der Waals surface area contributed by atoms with E-state index in [4.69, 9.17) is 14.2 Å². The van der Waals surface area contributed by atoms with E-state index in [1.165, 1.54) is 12.1 Å². The molecule has 0 spiro atoms. The first kappa shape index (κ1) is 21.1. The average Bonchev–Trinajstić information content (AvgIpc) is 2.70. The molecule has 0 saturated heterocycles. The van der Waals surface area contributed by atoms with Crippen LogP contribution in [0.3, 0.4) is 0 Å². The van der Waals surface area contributed by atoms with E-state index in [2.05, 4.69) is 5.32 Å². The predicted octanol–water partition coefficient (Wildman–Crippen LogP) is 3.03. The van der Waals surface area contributed by atoms with Crippen LogP contribution in [0.1, 0.15) is 0 Å². The number of non-ortho nitro benzene ring substituents is 1. The minimum absolute atomic E-state index is 0.202. The largest absolute Gasteiger partial charge is 0.491 e. The summed E-state index contributed by atoms with van der Waals surface area (Å²) in [6, 6.07) is 12.9. The lowest BCUT2D eigenvalue weighted by Gasteiger charge is -2.09. The number of rotatable bonds is 13. The van der Waals surface area contributed by atoms with Crippen molar-refractivity contribution < 1.29 is 24.1 Å².